The van der Waals surface area contributed by atoms with Crippen LogP contribution in [0.5, 0.6) is 0 Å². The first-order valence-electron chi connectivity index (χ1n) is 10.7. The molecule has 1 saturated heterocycles. The van der Waals surface area contributed by atoms with Crippen molar-refractivity contribution in [2.24, 2.45) is 5.92 Å². The summed E-state index contributed by atoms with van der Waals surface area (Å²) in [5, 5.41) is 10.9. The Morgan fingerprint density at radius 2 is 1.81 bits per heavy atom. The summed E-state index contributed by atoms with van der Waals surface area (Å²) >= 11 is 0. The molecule has 2 heterocycles. The Kier molecular flexibility index (Phi) is 4.89. The monoisotopic (exact) mass is 358 g/mol. The summed E-state index contributed by atoms with van der Waals surface area (Å²) < 4.78 is 2.42. The predicted molar refractivity (Wildman–Crippen MR) is 103 cm³/mol. The lowest BCUT2D eigenvalue weighted by molar-refractivity contribution is -0.0886. The fourth-order valence-corrected chi connectivity index (χ4v) is 5.82. The Morgan fingerprint density at radius 3 is 2.58 bits per heavy atom. The van der Waals surface area contributed by atoms with Crippen LogP contribution in [0.4, 0.5) is 0 Å². The van der Waals surface area contributed by atoms with Crippen molar-refractivity contribution in [1.82, 2.24) is 9.47 Å². The van der Waals surface area contributed by atoms with Gasteiger partial charge in [-0.05, 0) is 52.0 Å². The third kappa shape index (κ3) is 3.11. The zero-order valence-electron chi connectivity index (χ0n) is 16.5. The maximum Gasteiger partial charge on any atom is 0.255 e. The van der Waals surface area contributed by atoms with E-state index in [1.165, 1.54) is 44.2 Å². The lowest BCUT2D eigenvalue weighted by Crippen LogP contribution is -2.54. The molecule has 1 N–H and O–H groups in total. The van der Waals surface area contributed by atoms with Gasteiger partial charge in [-0.25, -0.2) is 0 Å². The summed E-state index contributed by atoms with van der Waals surface area (Å²) in [6.45, 7) is 5.69. The first-order valence-corrected chi connectivity index (χ1v) is 10.7. The molecule has 2 aliphatic carbocycles. The van der Waals surface area contributed by atoms with Gasteiger partial charge in [-0.2, -0.15) is 0 Å². The minimum absolute atomic E-state index is 0.174. The van der Waals surface area contributed by atoms with Gasteiger partial charge < -0.3 is 14.6 Å². The van der Waals surface area contributed by atoms with E-state index in [9.17, 15) is 9.90 Å². The molecule has 4 nitrogen and oxygen atoms in total. The molecular formula is C22H34N2O2. The average molecular weight is 359 g/mol. The number of amides is 1. The molecule has 0 aromatic carbocycles. The van der Waals surface area contributed by atoms with Crippen molar-refractivity contribution in [3.05, 3.63) is 23.0 Å². The lowest BCUT2D eigenvalue weighted by atomic mass is 9.71. The molecule has 4 rings (SSSR count). The van der Waals surface area contributed by atoms with Crippen molar-refractivity contribution in [3.8, 4) is 0 Å². The molecule has 0 spiro atoms. The minimum atomic E-state index is -0.520. The first-order chi connectivity index (χ1) is 12.5. The number of hydrogen-bond acceptors (Lipinski definition) is 2. The van der Waals surface area contributed by atoms with Crippen molar-refractivity contribution in [2.75, 3.05) is 13.1 Å². The fourth-order valence-electron chi connectivity index (χ4n) is 5.82. The zero-order chi connectivity index (χ0) is 18.3. The van der Waals surface area contributed by atoms with Crippen LogP contribution in [0.1, 0.15) is 92.0 Å². The highest BCUT2D eigenvalue weighted by Crippen LogP contribution is 2.40. The summed E-state index contributed by atoms with van der Waals surface area (Å²) in [7, 11) is 0. The smallest absolute Gasteiger partial charge is 0.255 e. The van der Waals surface area contributed by atoms with Gasteiger partial charge in [0.1, 0.15) is 0 Å². The van der Waals surface area contributed by atoms with E-state index in [1.54, 1.807) is 0 Å². The number of carbonyl (C=O) groups is 1. The molecule has 3 aliphatic rings. The van der Waals surface area contributed by atoms with Gasteiger partial charge in [-0.3, -0.25) is 4.79 Å². The molecular weight excluding hydrogens is 324 g/mol. The van der Waals surface area contributed by atoms with Crippen LogP contribution in [0.25, 0.3) is 0 Å². The van der Waals surface area contributed by atoms with Crippen LogP contribution >= 0.6 is 0 Å². The van der Waals surface area contributed by atoms with Crippen molar-refractivity contribution < 1.29 is 9.90 Å². The molecule has 4 heteroatoms. The highest BCUT2D eigenvalue weighted by Gasteiger charge is 2.44. The summed E-state index contributed by atoms with van der Waals surface area (Å²) in [5.41, 5.74) is 2.73. The summed E-state index contributed by atoms with van der Waals surface area (Å²) in [6.07, 6.45) is 11.5. The van der Waals surface area contributed by atoms with Crippen molar-refractivity contribution in [3.63, 3.8) is 0 Å². The van der Waals surface area contributed by atoms with Gasteiger partial charge in [-0.15, -0.1) is 0 Å². The Bertz CT molecular complexity index is 674. The van der Waals surface area contributed by atoms with Crippen LogP contribution in [0.15, 0.2) is 6.07 Å². The SMILES string of the molecule is Cc1cc(C(=O)N2CC[C@]3(O)CCCC[C@H]3C2)c(C)n1C1CCCCC1. The van der Waals surface area contributed by atoms with Crippen LogP contribution in [0.2, 0.25) is 0 Å². The second-order valence-electron chi connectivity index (χ2n) is 8.99. The van der Waals surface area contributed by atoms with Gasteiger partial charge in [0.25, 0.3) is 5.91 Å². The zero-order valence-corrected chi connectivity index (χ0v) is 16.5. The maximum absolute atomic E-state index is 13.3. The van der Waals surface area contributed by atoms with E-state index in [4.69, 9.17) is 0 Å². The molecule has 1 aromatic heterocycles. The lowest BCUT2D eigenvalue weighted by Gasteiger charge is -2.47. The molecule has 1 amide bonds. The van der Waals surface area contributed by atoms with E-state index >= 15 is 0 Å². The van der Waals surface area contributed by atoms with Crippen LogP contribution < -0.4 is 0 Å². The molecule has 26 heavy (non-hydrogen) atoms. The summed E-state index contributed by atoms with van der Waals surface area (Å²) in [4.78, 5) is 15.3. The molecule has 0 radical (unpaired) electrons. The van der Waals surface area contributed by atoms with Gasteiger partial charge in [0.2, 0.25) is 0 Å². The molecule has 144 valence electrons. The van der Waals surface area contributed by atoms with Crippen LogP contribution in [0, 0.1) is 19.8 Å². The van der Waals surface area contributed by atoms with Crippen LogP contribution in [0.3, 0.4) is 0 Å². The maximum atomic E-state index is 13.3. The van der Waals surface area contributed by atoms with Crippen LogP contribution in [-0.2, 0) is 0 Å². The number of piperidine rings is 1. The number of aliphatic hydroxyl groups is 1. The van der Waals surface area contributed by atoms with Crippen LogP contribution in [-0.4, -0.2) is 39.2 Å². The van der Waals surface area contributed by atoms with Gasteiger partial charge in [0.15, 0.2) is 0 Å². The highest BCUT2D eigenvalue weighted by atomic mass is 16.3. The average Bonchev–Trinajstić information content (AvgIpc) is 2.95. The molecule has 3 fully saturated rings. The third-order valence-electron chi connectivity index (χ3n) is 7.37. The molecule has 2 atom stereocenters. The fraction of sp³-hybridized carbons (Fsp3) is 0.773. The summed E-state index contributed by atoms with van der Waals surface area (Å²) in [5.74, 6) is 0.434. The van der Waals surface area contributed by atoms with Crippen molar-refractivity contribution >= 4 is 5.91 Å². The quantitative estimate of drug-likeness (QED) is 0.853. The normalized spacial score (nSPS) is 30.3. The number of likely N-dealkylation sites (tertiary alicyclic amines) is 1. The van der Waals surface area contributed by atoms with Crippen molar-refractivity contribution in [1.29, 1.82) is 0 Å². The van der Waals surface area contributed by atoms with E-state index in [1.807, 2.05) is 4.90 Å². The van der Waals surface area contributed by atoms with Gasteiger partial charge in [-0.1, -0.05) is 32.1 Å². The second kappa shape index (κ2) is 7.03. The van der Waals surface area contributed by atoms with Gasteiger partial charge >= 0.3 is 0 Å². The topological polar surface area (TPSA) is 45.5 Å². The molecule has 1 aliphatic heterocycles. The Balaban J connectivity index is 1.53. The number of hydrogen-bond donors (Lipinski definition) is 1. The third-order valence-corrected chi connectivity index (χ3v) is 7.37. The van der Waals surface area contributed by atoms with Gasteiger partial charge in [0, 0.05) is 36.4 Å². The van der Waals surface area contributed by atoms with Crippen molar-refractivity contribution in [2.45, 2.75) is 89.7 Å². The minimum Gasteiger partial charge on any atom is -0.389 e. The first kappa shape index (κ1) is 18.1. The van der Waals surface area contributed by atoms with Gasteiger partial charge in [0.05, 0.1) is 11.2 Å². The Hall–Kier alpha value is -1.29. The highest BCUT2D eigenvalue weighted by molar-refractivity contribution is 5.95. The van der Waals surface area contributed by atoms with E-state index in [0.29, 0.717) is 12.6 Å². The molecule has 2 saturated carbocycles. The standard InChI is InChI=1S/C22H34N2O2/c1-16-14-20(17(2)24(16)19-9-4-3-5-10-19)21(25)23-13-12-22(26)11-7-6-8-18(22)15-23/h14,18-19,26H,3-13,15H2,1-2H3/t18-,22+/m0/s1. The number of nitrogens with zero attached hydrogens (tertiary/aromatic N) is 2. The Labute approximate surface area is 157 Å². The summed E-state index contributed by atoms with van der Waals surface area (Å²) in [6, 6.07) is 2.67. The molecule has 0 unspecified atom stereocenters. The largest absolute Gasteiger partial charge is 0.389 e. The molecule has 1 aromatic rings. The number of rotatable bonds is 2. The number of carbonyl (C=O) groups excluding carboxylic acids is 1. The number of aryl methyl sites for hydroxylation is 1. The molecule has 0 bridgehead atoms. The predicted octanol–water partition coefficient (Wildman–Crippen LogP) is 4.38. The van der Waals surface area contributed by atoms with E-state index in [0.717, 1.165) is 43.5 Å². The number of aromatic nitrogens is 1. The van der Waals surface area contributed by atoms with E-state index in [2.05, 4.69) is 24.5 Å². The Morgan fingerprint density at radius 1 is 1.08 bits per heavy atom. The second-order valence-corrected chi connectivity index (χ2v) is 8.99. The number of fused-ring (bicyclic) bond motifs is 1. The van der Waals surface area contributed by atoms with E-state index < -0.39 is 5.60 Å². The van der Waals surface area contributed by atoms with E-state index in [-0.39, 0.29) is 11.8 Å².